The van der Waals surface area contributed by atoms with E-state index in [1.807, 2.05) is 0 Å². The van der Waals surface area contributed by atoms with Gasteiger partial charge in [-0.05, 0) is 55.8 Å². The molecule has 0 bridgehead atoms. The Labute approximate surface area is 263 Å². The molecular formula is C34H32F3N5O4. The molecule has 3 fully saturated rings. The molecule has 0 amide bonds. The van der Waals surface area contributed by atoms with Gasteiger partial charge in [-0.2, -0.15) is 9.97 Å². The normalized spacial score (nSPS) is 23.3. The Balaban J connectivity index is 1.32. The van der Waals surface area contributed by atoms with Crippen LogP contribution >= 0.6 is 0 Å². The van der Waals surface area contributed by atoms with Crippen LogP contribution in [0, 0.1) is 24.0 Å². The Kier molecular flexibility index (Phi) is 7.06. The van der Waals surface area contributed by atoms with Crippen molar-refractivity contribution in [1.82, 2.24) is 19.9 Å². The first kappa shape index (κ1) is 29.1. The molecule has 12 heteroatoms. The number of nitrogens with zero attached hydrogens (tertiary/aromatic N) is 5. The van der Waals surface area contributed by atoms with Crippen molar-refractivity contribution >= 4 is 27.5 Å². The molecule has 0 saturated carbocycles. The summed E-state index contributed by atoms with van der Waals surface area (Å²) in [6.45, 7) is 3.19. The summed E-state index contributed by atoms with van der Waals surface area (Å²) in [7, 11) is 0. The van der Waals surface area contributed by atoms with E-state index in [1.165, 1.54) is 24.3 Å². The maximum atomic E-state index is 17.0. The van der Waals surface area contributed by atoms with Crippen LogP contribution in [0.3, 0.4) is 0 Å². The number of benzene rings is 2. The zero-order valence-corrected chi connectivity index (χ0v) is 25.1. The number of aromatic nitrogens is 3. The predicted octanol–water partition coefficient (Wildman–Crippen LogP) is 5.14. The van der Waals surface area contributed by atoms with Crippen LogP contribution in [0.25, 0.3) is 32.9 Å². The van der Waals surface area contributed by atoms with E-state index in [4.69, 9.17) is 25.6 Å². The van der Waals surface area contributed by atoms with E-state index in [1.54, 1.807) is 0 Å². The van der Waals surface area contributed by atoms with Crippen molar-refractivity contribution in [3.8, 4) is 41.2 Å². The van der Waals surface area contributed by atoms with Crippen LogP contribution in [0.2, 0.25) is 0 Å². The molecule has 0 spiro atoms. The molecule has 0 unspecified atom stereocenters. The number of rotatable bonds is 5. The van der Waals surface area contributed by atoms with Crippen molar-refractivity contribution < 1.29 is 32.5 Å². The fourth-order valence-electron chi connectivity index (χ4n) is 7.76. The minimum Gasteiger partial charge on any atom is -0.508 e. The van der Waals surface area contributed by atoms with Crippen LogP contribution in [0.15, 0.2) is 24.3 Å². The summed E-state index contributed by atoms with van der Waals surface area (Å²) in [5, 5.41) is 11.5. The van der Waals surface area contributed by atoms with Crippen LogP contribution in [-0.2, 0) is 4.74 Å². The monoisotopic (exact) mass is 631 g/mol. The third-order valence-electron chi connectivity index (χ3n) is 9.87. The second kappa shape index (κ2) is 11.2. The van der Waals surface area contributed by atoms with Gasteiger partial charge in [-0.1, -0.05) is 12.0 Å². The average molecular weight is 632 g/mol. The molecule has 238 valence electrons. The molecule has 3 saturated heterocycles. The lowest BCUT2D eigenvalue weighted by Gasteiger charge is -2.34. The number of hydrogen-bond donors (Lipinski definition) is 1. The van der Waals surface area contributed by atoms with Gasteiger partial charge in [0.15, 0.2) is 5.82 Å². The molecule has 2 aromatic heterocycles. The smallest absolute Gasteiger partial charge is 0.319 e. The maximum absolute atomic E-state index is 17.0. The number of ether oxygens (including phenoxy) is 3. The number of pyridine rings is 1. The highest BCUT2D eigenvalue weighted by Crippen LogP contribution is 2.44. The summed E-state index contributed by atoms with van der Waals surface area (Å²) in [5.41, 5.74) is -0.752. The lowest BCUT2D eigenvalue weighted by atomic mass is 9.95. The summed E-state index contributed by atoms with van der Waals surface area (Å²) in [6.07, 6.45) is 8.36. The molecule has 8 rings (SSSR count). The molecule has 4 aromatic rings. The molecule has 1 N–H and O–H groups in total. The topological polar surface area (TPSA) is 93.1 Å². The van der Waals surface area contributed by atoms with Crippen LogP contribution in [0.5, 0.6) is 17.6 Å². The van der Waals surface area contributed by atoms with Crippen LogP contribution in [-0.4, -0.2) is 88.8 Å². The summed E-state index contributed by atoms with van der Waals surface area (Å²) < 4.78 is 64.4. The molecular weight excluding hydrogens is 599 g/mol. The van der Waals surface area contributed by atoms with Gasteiger partial charge < -0.3 is 24.2 Å². The molecule has 0 radical (unpaired) electrons. The highest BCUT2D eigenvalue weighted by molar-refractivity contribution is 6.04. The second-order valence-corrected chi connectivity index (χ2v) is 12.5. The van der Waals surface area contributed by atoms with Gasteiger partial charge in [0.25, 0.3) is 0 Å². The Bertz CT molecular complexity index is 1910. The first-order valence-electron chi connectivity index (χ1n) is 15.7. The van der Waals surface area contributed by atoms with Crippen molar-refractivity contribution in [3.63, 3.8) is 0 Å². The third kappa shape index (κ3) is 4.67. The van der Waals surface area contributed by atoms with Gasteiger partial charge in [0.1, 0.15) is 53.4 Å². The first-order chi connectivity index (χ1) is 22.3. The number of alkyl halides is 1. The Morgan fingerprint density at radius 1 is 1.09 bits per heavy atom. The Morgan fingerprint density at radius 3 is 2.76 bits per heavy atom. The van der Waals surface area contributed by atoms with Gasteiger partial charge in [-0.25, -0.2) is 18.2 Å². The minimum absolute atomic E-state index is 0.0388. The number of phenols is 1. The molecule has 46 heavy (non-hydrogen) atoms. The van der Waals surface area contributed by atoms with Gasteiger partial charge in [0.2, 0.25) is 5.88 Å². The molecule has 9 nitrogen and oxygen atoms in total. The van der Waals surface area contributed by atoms with Gasteiger partial charge in [0, 0.05) is 43.2 Å². The number of halogens is 3. The van der Waals surface area contributed by atoms with Crippen molar-refractivity contribution in [2.24, 2.45) is 0 Å². The quantitative estimate of drug-likeness (QED) is 0.301. The second-order valence-electron chi connectivity index (χ2n) is 12.5. The Morgan fingerprint density at radius 2 is 1.93 bits per heavy atom. The largest absolute Gasteiger partial charge is 0.508 e. The van der Waals surface area contributed by atoms with Crippen LogP contribution in [0.1, 0.15) is 37.7 Å². The van der Waals surface area contributed by atoms with Crippen molar-refractivity contribution in [2.75, 3.05) is 51.0 Å². The van der Waals surface area contributed by atoms with Crippen molar-refractivity contribution in [3.05, 3.63) is 41.5 Å². The lowest BCUT2D eigenvalue weighted by Crippen LogP contribution is -2.44. The summed E-state index contributed by atoms with van der Waals surface area (Å²) in [4.78, 5) is 18.2. The highest BCUT2D eigenvalue weighted by Gasteiger charge is 2.49. The zero-order valence-electron chi connectivity index (χ0n) is 25.1. The van der Waals surface area contributed by atoms with E-state index in [0.29, 0.717) is 43.9 Å². The molecule has 2 aromatic carbocycles. The van der Waals surface area contributed by atoms with Crippen LogP contribution < -0.4 is 14.4 Å². The fraction of sp³-hybridized carbons (Fsp3) is 0.441. The highest BCUT2D eigenvalue weighted by atomic mass is 19.1. The zero-order chi connectivity index (χ0) is 31.6. The van der Waals surface area contributed by atoms with Gasteiger partial charge in [-0.3, -0.25) is 4.90 Å². The van der Waals surface area contributed by atoms with E-state index in [9.17, 15) is 13.9 Å². The molecule has 4 aliphatic rings. The van der Waals surface area contributed by atoms with Crippen molar-refractivity contribution in [2.45, 2.75) is 49.9 Å². The summed E-state index contributed by atoms with van der Waals surface area (Å²) >= 11 is 0. The average Bonchev–Trinajstić information content (AvgIpc) is 3.51. The molecule has 6 heterocycles. The molecule has 0 aliphatic carbocycles. The predicted molar refractivity (Wildman–Crippen MR) is 165 cm³/mol. The van der Waals surface area contributed by atoms with E-state index in [0.717, 1.165) is 32.2 Å². The van der Waals surface area contributed by atoms with Gasteiger partial charge in [0.05, 0.1) is 17.6 Å². The van der Waals surface area contributed by atoms with E-state index in [2.05, 4.69) is 25.7 Å². The fourth-order valence-corrected chi connectivity index (χ4v) is 7.76. The number of phenolic OH excluding ortho intramolecular Hbond substituents is 1. The van der Waals surface area contributed by atoms with Gasteiger partial charge >= 0.3 is 6.01 Å². The minimum atomic E-state index is -0.935. The molecule has 4 aliphatic heterocycles. The van der Waals surface area contributed by atoms with Crippen molar-refractivity contribution in [1.29, 1.82) is 0 Å². The van der Waals surface area contributed by atoms with Crippen LogP contribution in [0.4, 0.5) is 19.0 Å². The summed E-state index contributed by atoms with van der Waals surface area (Å²) in [5.74, 6) is 1.25. The number of aromatic hydroxyl groups is 1. The van der Waals surface area contributed by atoms with E-state index in [-0.39, 0.29) is 70.0 Å². The van der Waals surface area contributed by atoms with E-state index >= 15 is 4.39 Å². The molecule has 2 atom stereocenters. The lowest BCUT2D eigenvalue weighted by molar-refractivity contribution is 0.0837. The first-order valence-corrected chi connectivity index (χ1v) is 15.7. The number of fused-ring (bicyclic) bond motifs is 2. The number of terminal acetylenes is 1. The summed E-state index contributed by atoms with van der Waals surface area (Å²) in [6, 6.07) is 5.42. The number of hydrogen-bond acceptors (Lipinski definition) is 9. The van der Waals surface area contributed by atoms with Gasteiger partial charge in [-0.15, -0.1) is 6.42 Å². The standard InChI is InChI=1S/C34H32F3N5O4/c1-2-23-25(36)5-4-19-14-22(43)15-24(26(19)23)29-28(37)30-27-31(42(10-13-45-32(27)38-29)21-6-11-44-12-7-21)40-33(39-30)46-18-34-8-3-9-41(34)17-20(35)16-34/h1,4-5,14-15,20-21,43H,3,6-13,16-18H2/t20-,34+/m1/s1. The maximum Gasteiger partial charge on any atom is 0.319 e. The Hall–Kier alpha value is -4.34. The SMILES string of the molecule is C#Cc1c(F)ccc2cc(O)cc(-c3nc4c5c(nc(OC[C@@]67CCCN6C[C@H](F)C7)nc5c3F)N(C3CCOCC3)CCO4)c12. The number of anilines is 1. The van der Waals surface area contributed by atoms with E-state index < -0.39 is 23.3 Å². The third-order valence-corrected chi connectivity index (χ3v) is 9.87.